The topological polar surface area (TPSA) is 55.2 Å². The van der Waals surface area contributed by atoms with Gasteiger partial charge in [-0.25, -0.2) is 4.39 Å². The minimum Gasteiger partial charge on any atom is -0.314 e. The number of nitrogens with one attached hydrogen (secondary N) is 1. The van der Waals surface area contributed by atoms with Crippen molar-refractivity contribution in [1.29, 1.82) is 0 Å². The van der Waals surface area contributed by atoms with E-state index < -0.39 is 10.7 Å². The molecule has 0 spiro atoms. The average molecular weight is 266 g/mol. The molecule has 0 saturated heterocycles. The predicted molar refractivity (Wildman–Crippen MR) is 71.6 cm³/mol. The number of hydrogen-bond donors (Lipinski definition) is 1. The molecule has 0 bridgehead atoms. The molecule has 1 saturated carbocycles. The van der Waals surface area contributed by atoms with Crippen LogP contribution in [0.15, 0.2) is 18.2 Å². The molecule has 104 valence electrons. The van der Waals surface area contributed by atoms with Crippen molar-refractivity contribution in [1.82, 2.24) is 5.32 Å². The fourth-order valence-electron chi connectivity index (χ4n) is 2.70. The van der Waals surface area contributed by atoms with Crippen molar-refractivity contribution >= 4 is 5.69 Å². The van der Waals surface area contributed by atoms with Crippen molar-refractivity contribution in [3.63, 3.8) is 0 Å². The van der Waals surface area contributed by atoms with Gasteiger partial charge in [-0.05, 0) is 50.3 Å². The normalized spacial score (nSPS) is 18.1. The molecule has 1 N–H and O–H groups in total. The first kappa shape index (κ1) is 13.9. The van der Waals surface area contributed by atoms with Crippen LogP contribution in [0.3, 0.4) is 0 Å². The van der Waals surface area contributed by atoms with E-state index in [2.05, 4.69) is 12.2 Å². The van der Waals surface area contributed by atoms with Gasteiger partial charge in [0.2, 0.25) is 0 Å². The van der Waals surface area contributed by atoms with Crippen molar-refractivity contribution < 1.29 is 9.31 Å². The van der Waals surface area contributed by atoms with Gasteiger partial charge < -0.3 is 5.32 Å². The largest absolute Gasteiger partial charge is 0.314 e. The van der Waals surface area contributed by atoms with Gasteiger partial charge in [0, 0.05) is 17.7 Å². The van der Waals surface area contributed by atoms with E-state index in [0.29, 0.717) is 18.0 Å². The summed E-state index contributed by atoms with van der Waals surface area (Å²) in [5.74, 6) is -0.410. The molecule has 0 amide bonds. The Hall–Kier alpha value is -1.49. The molecule has 1 fully saturated rings. The van der Waals surface area contributed by atoms with Gasteiger partial charge in [-0.1, -0.05) is 6.92 Å². The first-order chi connectivity index (χ1) is 8.98. The highest BCUT2D eigenvalue weighted by molar-refractivity contribution is 5.41. The molecule has 5 heteroatoms. The van der Waals surface area contributed by atoms with Crippen molar-refractivity contribution in [2.24, 2.45) is 5.41 Å². The van der Waals surface area contributed by atoms with Gasteiger partial charge in [0.1, 0.15) is 5.82 Å². The molecule has 1 aliphatic rings. The van der Waals surface area contributed by atoms with Gasteiger partial charge in [-0.3, -0.25) is 10.1 Å². The standard InChI is InChI=1S/C14H19FN2O2/c1-3-16-10(2)14(6-7-14)9-11-8-12(15)4-5-13(11)17(18)19/h4-5,8,10,16H,3,6-7,9H2,1-2H3. The number of halogens is 1. The van der Waals surface area contributed by atoms with Crippen LogP contribution in [0.2, 0.25) is 0 Å². The van der Waals surface area contributed by atoms with Crippen LogP contribution in [0.25, 0.3) is 0 Å². The molecule has 1 aliphatic carbocycles. The third kappa shape index (κ3) is 2.92. The second-order valence-corrected chi connectivity index (χ2v) is 5.35. The molecule has 0 aliphatic heterocycles. The number of rotatable bonds is 6. The minimum atomic E-state index is -0.428. The van der Waals surface area contributed by atoms with Crippen molar-refractivity contribution in [2.75, 3.05) is 6.54 Å². The maximum Gasteiger partial charge on any atom is 0.272 e. The minimum absolute atomic E-state index is 0.0244. The van der Waals surface area contributed by atoms with E-state index in [1.807, 2.05) is 6.92 Å². The first-order valence-corrected chi connectivity index (χ1v) is 6.65. The highest BCUT2D eigenvalue weighted by Crippen LogP contribution is 2.52. The van der Waals surface area contributed by atoms with Crippen molar-refractivity contribution in [2.45, 2.75) is 39.2 Å². The Morgan fingerprint density at radius 3 is 2.74 bits per heavy atom. The Kier molecular flexibility index (Phi) is 3.85. The van der Waals surface area contributed by atoms with Gasteiger partial charge in [0.15, 0.2) is 0 Å². The quantitative estimate of drug-likeness (QED) is 0.636. The Labute approximate surface area is 112 Å². The van der Waals surface area contributed by atoms with Crippen LogP contribution in [0.4, 0.5) is 10.1 Å². The van der Waals surface area contributed by atoms with Gasteiger partial charge in [-0.2, -0.15) is 0 Å². The lowest BCUT2D eigenvalue weighted by atomic mass is 9.89. The fourth-order valence-corrected chi connectivity index (χ4v) is 2.70. The summed E-state index contributed by atoms with van der Waals surface area (Å²) in [7, 11) is 0. The summed E-state index contributed by atoms with van der Waals surface area (Å²) < 4.78 is 13.3. The number of nitro groups is 1. The monoisotopic (exact) mass is 266 g/mol. The lowest BCUT2D eigenvalue weighted by molar-refractivity contribution is -0.385. The highest BCUT2D eigenvalue weighted by atomic mass is 19.1. The van der Waals surface area contributed by atoms with Crippen LogP contribution in [0.5, 0.6) is 0 Å². The Morgan fingerprint density at radius 1 is 1.53 bits per heavy atom. The zero-order valence-corrected chi connectivity index (χ0v) is 11.3. The third-order valence-electron chi connectivity index (χ3n) is 4.10. The van der Waals surface area contributed by atoms with E-state index in [4.69, 9.17) is 0 Å². The van der Waals surface area contributed by atoms with Gasteiger partial charge >= 0.3 is 0 Å². The van der Waals surface area contributed by atoms with Gasteiger partial charge in [0.25, 0.3) is 5.69 Å². The maximum absolute atomic E-state index is 13.3. The van der Waals surface area contributed by atoms with Crippen LogP contribution in [-0.4, -0.2) is 17.5 Å². The van der Waals surface area contributed by atoms with Crippen molar-refractivity contribution in [3.05, 3.63) is 39.7 Å². The molecule has 19 heavy (non-hydrogen) atoms. The summed E-state index contributed by atoms with van der Waals surface area (Å²) in [5.41, 5.74) is 0.581. The molecule has 1 atom stereocenters. The van der Waals surface area contributed by atoms with E-state index in [1.165, 1.54) is 12.1 Å². The fraction of sp³-hybridized carbons (Fsp3) is 0.571. The summed E-state index contributed by atoms with van der Waals surface area (Å²) in [6.07, 6.45) is 2.64. The summed E-state index contributed by atoms with van der Waals surface area (Å²) in [5, 5.41) is 14.4. The van der Waals surface area contributed by atoms with Gasteiger partial charge in [0.05, 0.1) is 4.92 Å². The predicted octanol–water partition coefficient (Wildman–Crippen LogP) is 3.05. The lowest BCUT2D eigenvalue weighted by Crippen LogP contribution is -2.36. The molecule has 4 nitrogen and oxygen atoms in total. The smallest absolute Gasteiger partial charge is 0.272 e. The number of nitrogens with zero attached hydrogens (tertiary/aromatic N) is 1. The third-order valence-corrected chi connectivity index (χ3v) is 4.10. The second kappa shape index (κ2) is 5.25. The van der Waals surface area contributed by atoms with Crippen molar-refractivity contribution in [3.8, 4) is 0 Å². The lowest BCUT2D eigenvalue weighted by Gasteiger charge is -2.24. The van der Waals surface area contributed by atoms with E-state index in [0.717, 1.165) is 25.5 Å². The Balaban J connectivity index is 2.23. The van der Waals surface area contributed by atoms with Crippen LogP contribution in [-0.2, 0) is 6.42 Å². The molecular weight excluding hydrogens is 247 g/mol. The van der Waals surface area contributed by atoms with E-state index in [1.54, 1.807) is 0 Å². The Bertz CT molecular complexity index is 486. The molecule has 2 rings (SSSR count). The number of benzene rings is 1. The van der Waals surface area contributed by atoms with Gasteiger partial charge in [-0.15, -0.1) is 0 Å². The zero-order valence-electron chi connectivity index (χ0n) is 11.3. The summed E-state index contributed by atoms with van der Waals surface area (Å²) in [4.78, 5) is 10.6. The van der Waals surface area contributed by atoms with Crippen LogP contribution in [0.1, 0.15) is 32.3 Å². The SMILES string of the molecule is CCNC(C)C1(Cc2cc(F)ccc2[N+](=O)[O-])CC1. The molecule has 0 heterocycles. The molecule has 1 aromatic carbocycles. The van der Waals surface area contributed by atoms with E-state index in [9.17, 15) is 14.5 Å². The van der Waals surface area contributed by atoms with Crippen LogP contribution >= 0.6 is 0 Å². The Morgan fingerprint density at radius 2 is 2.21 bits per heavy atom. The summed E-state index contributed by atoms with van der Waals surface area (Å²) in [6, 6.07) is 4.00. The van der Waals surface area contributed by atoms with Crippen LogP contribution < -0.4 is 5.32 Å². The number of nitro benzene ring substituents is 1. The zero-order chi connectivity index (χ0) is 14.0. The van der Waals surface area contributed by atoms with E-state index in [-0.39, 0.29) is 11.1 Å². The van der Waals surface area contributed by atoms with Crippen LogP contribution in [0, 0.1) is 21.3 Å². The summed E-state index contributed by atoms with van der Waals surface area (Å²) in [6.45, 7) is 5.01. The molecule has 0 radical (unpaired) electrons. The molecule has 1 aromatic rings. The van der Waals surface area contributed by atoms with E-state index >= 15 is 0 Å². The molecule has 1 unspecified atom stereocenters. The first-order valence-electron chi connectivity index (χ1n) is 6.65. The molecular formula is C14H19FN2O2. The molecule has 0 aromatic heterocycles. The number of hydrogen-bond acceptors (Lipinski definition) is 3. The summed E-state index contributed by atoms with van der Waals surface area (Å²) >= 11 is 0. The highest BCUT2D eigenvalue weighted by Gasteiger charge is 2.47. The average Bonchev–Trinajstić information content (AvgIpc) is 3.10. The second-order valence-electron chi connectivity index (χ2n) is 5.35. The maximum atomic E-state index is 13.3.